The van der Waals surface area contributed by atoms with Crippen LogP contribution < -0.4 is 16.0 Å². The Morgan fingerprint density at radius 2 is 1.98 bits per heavy atom. The van der Waals surface area contributed by atoms with Crippen LogP contribution in [0.2, 0.25) is 0 Å². The molecule has 4 heterocycles. The number of β-lactam (4-membered cyclic amide) rings is 1. The molecule has 5 rings (SSSR count). The zero-order chi connectivity index (χ0) is 30.7. The van der Waals surface area contributed by atoms with Crippen molar-refractivity contribution < 1.29 is 38.6 Å². The topological polar surface area (TPSA) is 222 Å². The lowest BCUT2D eigenvalue weighted by atomic mass is 10.0. The predicted octanol–water partition coefficient (Wildman–Crippen LogP) is 0.263. The standard InChI is InChI=1S/C25H24N8O8S2/c1-32-25(29-30-31-32)43-11-14-10-42-22-18(21(37)33(22)19(14)23(38)39)27-20(36)17(12-2-4-15(34)5-3-12)28-24(40)26-8-16(35)13-6-7-41-9-13/h2-7,9,17-18,22,34H,8,10-11H2,1H3,(H,27,36)(H,38,39)(H2,26,28,40)/t17?,18?,22-/m0/s1. The molecule has 3 aromatic rings. The van der Waals surface area contributed by atoms with E-state index in [1.165, 1.54) is 71.1 Å². The van der Waals surface area contributed by atoms with E-state index in [0.717, 1.165) is 4.90 Å². The van der Waals surface area contributed by atoms with Gasteiger partial charge in [-0.2, -0.15) is 0 Å². The van der Waals surface area contributed by atoms with Crippen molar-refractivity contribution in [3.8, 4) is 5.75 Å². The van der Waals surface area contributed by atoms with Gasteiger partial charge >= 0.3 is 12.0 Å². The number of amides is 4. The van der Waals surface area contributed by atoms with Gasteiger partial charge in [0.15, 0.2) is 5.78 Å². The average molecular weight is 629 g/mol. The predicted molar refractivity (Wildman–Crippen MR) is 150 cm³/mol. The number of aromatic nitrogens is 4. The molecule has 18 heteroatoms. The van der Waals surface area contributed by atoms with E-state index in [9.17, 15) is 34.2 Å². The summed E-state index contributed by atoms with van der Waals surface area (Å²) in [6, 6.07) is 3.72. The molecule has 2 unspecified atom stereocenters. The number of tetrazole rings is 1. The Hall–Kier alpha value is -4.84. The first-order valence-corrected chi connectivity index (χ1v) is 14.6. The molecule has 1 saturated heterocycles. The van der Waals surface area contributed by atoms with Crippen LogP contribution in [0.3, 0.4) is 0 Å². The van der Waals surface area contributed by atoms with Crippen molar-refractivity contribution in [2.45, 2.75) is 22.6 Å². The number of carbonyl (C=O) groups is 5. The number of furan rings is 1. The minimum absolute atomic E-state index is 0.0705. The number of thioether (sulfide) groups is 2. The number of aryl methyl sites for hydroxylation is 1. The number of carboxylic acid groups (broad SMARTS) is 1. The fourth-order valence-electron chi connectivity index (χ4n) is 4.36. The minimum atomic E-state index is -1.32. The van der Waals surface area contributed by atoms with E-state index in [2.05, 4.69) is 31.5 Å². The number of fused-ring (bicyclic) bond motifs is 1. The number of aromatic hydroxyl groups is 1. The van der Waals surface area contributed by atoms with E-state index in [1.54, 1.807) is 7.05 Å². The molecule has 2 aliphatic heterocycles. The van der Waals surface area contributed by atoms with Gasteiger partial charge in [0.05, 0.1) is 18.4 Å². The number of carbonyl (C=O) groups excluding carboxylic acids is 4. The number of nitrogens with zero attached hydrogens (tertiary/aromatic N) is 5. The maximum absolute atomic E-state index is 13.4. The van der Waals surface area contributed by atoms with Crippen LogP contribution >= 0.6 is 23.5 Å². The molecule has 0 aliphatic carbocycles. The molecule has 1 aromatic carbocycles. The highest BCUT2D eigenvalue weighted by Crippen LogP contribution is 2.41. The molecule has 4 amide bonds. The molecule has 5 N–H and O–H groups in total. The third-order valence-corrected chi connectivity index (χ3v) is 8.96. The van der Waals surface area contributed by atoms with E-state index < -0.39 is 47.1 Å². The van der Waals surface area contributed by atoms with Gasteiger partial charge in [-0.3, -0.25) is 19.3 Å². The fourth-order valence-corrected chi connectivity index (χ4v) is 6.70. The molecule has 224 valence electrons. The van der Waals surface area contributed by atoms with Gasteiger partial charge in [-0.15, -0.1) is 16.9 Å². The normalized spacial score (nSPS) is 18.3. The molecule has 2 aliphatic rings. The highest BCUT2D eigenvalue weighted by molar-refractivity contribution is 8.01. The lowest BCUT2D eigenvalue weighted by Crippen LogP contribution is -2.71. The van der Waals surface area contributed by atoms with Gasteiger partial charge in [-0.1, -0.05) is 23.9 Å². The Balaban J connectivity index is 1.27. The number of phenols is 1. The molecular weight excluding hydrogens is 604 g/mol. The summed E-state index contributed by atoms with van der Waals surface area (Å²) in [6.45, 7) is -0.373. The maximum atomic E-state index is 13.4. The summed E-state index contributed by atoms with van der Waals surface area (Å²) >= 11 is 2.52. The summed E-state index contributed by atoms with van der Waals surface area (Å²) in [5, 5.41) is 38.1. The van der Waals surface area contributed by atoms with Crippen LogP contribution in [0.4, 0.5) is 4.79 Å². The molecular formula is C25H24N8O8S2. The van der Waals surface area contributed by atoms with Crippen LogP contribution in [0.15, 0.2) is 63.7 Å². The van der Waals surface area contributed by atoms with E-state index in [-0.39, 0.29) is 40.6 Å². The maximum Gasteiger partial charge on any atom is 0.352 e. The summed E-state index contributed by atoms with van der Waals surface area (Å²) in [6.07, 6.45) is 2.55. The minimum Gasteiger partial charge on any atom is -0.508 e. The molecule has 0 radical (unpaired) electrons. The average Bonchev–Trinajstić information content (AvgIpc) is 3.68. The van der Waals surface area contributed by atoms with Crippen molar-refractivity contribution in [3.63, 3.8) is 0 Å². The van der Waals surface area contributed by atoms with Gasteiger partial charge in [0.25, 0.3) is 5.91 Å². The van der Waals surface area contributed by atoms with Crippen LogP contribution in [-0.2, 0) is 21.4 Å². The number of carboxylic acids is 1. The Labute approximate surface area is 251 Å². The monoisotopic (exact) mass is 628 g/mol. The number of benzene rings is 1. The second-order valence-corrected chi connectivity index (χ2v) is 11.4. The number of nitrogens with one attached hydrogen (secondary N) is 3. The Morgan fingerprint density at radius 1 is 1.21 bits per heavy atom. The molecule has 3 atom stereocenters. The van der Waals surface area contributed by atoms with Crippen LogP contribution in [0.25, 0.3) is 0 Å². The lowest BCUT2D eigenvalue weighted by Gasteiger charge is -2.49. The molecule has 1 fully saturated rings. The molecule has 16 nitrogen and oxygen atoms in total. The Kier molecular flexibility index (Phi) is 8.67. The number of hydrogen-bond acceptors (Lipinski definition) is 12. The number of Topliss-reactive ketones (excluding diaryl/α,β-unsaturated/α-hetero) is 1. The first-order chi connectivity index (χ1) is 20.6. The summed E-state index contributed by atoms with van der Waals surface area (Å²) < 4.78 is 6.31. The van der Waals surface area contributed by atoms with Gasteiger partial charge < -0.3 is 30.6 Å². The third kappa shape index (κ3) is 6.33. The van der Waals surface area contributed by atoms with Crippen molar-refractivity contribution in [2.75, 3.05) is 18.1 Å². The third-order valence-electron chi connectivity index (χ3n) is 6.52. The largest absolute Gasteiger partial charge is 0.508 e. The summed E-state index contributed by atoms with van der Waals surface area (Å²) in [4.78, 5) is 64.8. The van der Waals surface area contributed by atoms with Crippen molar-refractivity contribution in [1.29, 1.82) is 0 Å². The number of aliphatic carboxylic acids is 1. The van der Waals surface area contributed by atoms with Crippen molar-refractivity contribution in [2.24, 2.45) is 7.05 Å². The second-order valence-electron chi connectivity index (χ2n) is 9.31. The van der Waals surface area contributed by atoms with E-state index >= 15 is 0 Å². The van der Waals surface area contributed by atoms with Gasteiger partial charge in [0, 0.05) is 18.6 Å². The number of hydrogen-bond donors (Lipinski definition) is 5. The number of ketones is 1. The summed E-state index contributed by atoms with van der Waals surface area (Å²) in [5.41, 5.74) is 0.894. The van der Waals surface area contributed by atoms with Gasteiger partial charge in [-0.25, -0.2) is 14.3 Å². The van der Waals surface area contributed by atoms with Crippen molar-refractivity contribution in [1.82, 2.24) is 41.1 Å². The van der Waals surface area contributed by atoms with Crippen molar-refractivity contribution >= 4 is 53.1 Å². The Bertz CT molecular complexity index is 1590. The highest BCUT2D eigenvalue weighted by Gasteiger charge is 2.54. The van der Waals surface area contributed by atoms with E-state index in [0.29, 0.717) is 10.7 Å². The Morgan fingerprint density at radius 3 is 2.63 bits per heavy atom. The zero-order valence-electron chi connectivity index (χ0n) is 22.3. The molecule has 0 bridgehead atoms. The quantitative estimate of drug-likeness (QED) is 0.109. The molecule has 0 spiro atoms. The number of urea groups is 1. The molecule has 2 aromatic heterocycles. The van der Waals surface area contributed by atoms with Crippen LogP contribution in [0, 0.1) is 0 Å². The molecule has 0 saturated carbocycles. The SMILES string of the molecule is Cn1nnnc1SCC1=C(C(=O)O)N2C(=O)C(NC(=O)C(NC(=O)NCC(=O)c3ccoc3)c3ccc(O)cc3)[C@@H]2SC1. The fraction of sp³-hybridized carbons (Fsp3) is 0.280. The number of phenolic OH excluding ortho intramolecular Hbond substituents is 1. The van der Waals surface area contributed by atoms with E-state index in [1.807, 2.05) is 0 Å². The van der Waals surface area contributed by atoms with Crippen molar-refractivity contribution in [3.05, 3.63) is 65.3 Å². The van der Waals surface area contributed by atoms with Crippen LogP contribution in [0.1, 0.15) is 22.0 Å². The van der Waals surface area contributed by atoms with Gasteiger partial charge in [0.2, 0.25) is 11.1 Å². The lowest BCUT2D eigenvalue weighted by molar-refractivity contribution is -0.151. The summed E-state index contributed by atoms with van der Waals surface area (Å²) in [7, 11) is 1.65. The number of rotatable bonds is 11. The first-order valence-electron chi connectivity index (χ1n) is 12.6. The van der Waals surface area contributed by atoms with Gasteiger partial charge in [-0.05, 0) is 39.8 Å². The molecule has 43 heavy (non-hydrogen) atoms. The van der Waals surface area contributed by atoms with Gasteiger partial charge in [0.1, 0.15) is 35.2 Å². The zero-order valence-corrected chi connectivity index (χ0v) is 23.9. The van der Waals surface area contributed by atoms with Crippen LogP contribution in [-0.4, -0.2) is 94.4 Å². The first kappa shape index (κ1) is 29.6. The summed E-state index contributed by atoms with van der Waals surface area (Å²) in [5.74, 6) is -2.62. The van der Waals surface area contributed by atoms with E-state index in [4.69, 9.17) is 4.42 Å². The second kappa shape index (κ2) is 12.6. The highest BCUT2D eigenvalue weighted by atomic mass is 32.2. The smallest absolute Gasteiger partial charge is 0.352 e. The van der Waals surface area contributed by atoms with Crippen LogP contribution in [0.5, 0.6) is 5.75 Å².